The number of H-pyrrole nitrogens is 1. The van der Waals surface area contributed by atoms with Gasteiger partial charge in [0.2, 0.25) is 0 Å². The van der Waals surface area contributed by atoms with Crippen LogP contribution in [0.1, 0.15) is 25.2 Å². The summed E-state index contributed by atoms with van der Waals surface area (Å²) < 4.78 is 5.87. The third kappa shape index (κ3) is 2.72. The SMILES string of the molecule is CC1(C)Cc2nc(-c3c(-c4ccccc4)ccnc3Cl)[nH]c2CO1. The molecule has 0 unspecified atom stereocenters. The number of nitrogens with one attached hydrogen (secondary N) is 1. The predicted octanol–water partition coefficient (Wildman–Crippen LogP) is 4.64. The molecule has 0 fully saturated rings. The smallest absolute Gasteiger partial charge is 0.141 e. The van der Waals surface area contributed by atoms with E-state index in [1.165, 1.54) is 0 Å². The molecule has 0 spiro atoms. The topological polar surface area (TPSA) is 50.8 Å². The van der Waals surface area contributed by atoms with Gasteiger partial charge in [-0.15, -0.1) is 0 Å². The van der Waals surface area contributed by atoms with Crippen molar-refractivity contribution in [2.45, 2.75) is 32.5 Å². The van der Waals surface area contributed by atoms with Gasteiger partial charge in [-0.05, 0) is 31.0 Å². The molecule has 0 bridgehead atoms. The second kappa shape index (κ2) is 5.72. The summed E-state index contributed by atoms with van der Waals surface area (Å²) in [5, 5.41) is 0.447. The average molecular weight is 340 g/mol. The fraction of sp³-hybridized carbons (Fsp3) is 0.263. The molecule has 0 radical (unpaired) electrons. The first-order chi connectivity index (χ1) is 11.5. The van der Waals surface area contributed by atoms with Crippen LogP contribution in [0.2, 0.25) is 5.15 Å². The number of nitrogens with zero attached hydrogens (tertiary/aromatic N) is 2. The standard InChI is InChI=1S/C19H18ClN3O/c1-19(2)10-14-15(11-24-19)23-18(22-14)16-13(8-9-21-17(16)20)12-6-4-3-5-7-12/h3-9H,10-11H2,1-2H3,(H,22,23). The van der Waals surface area contributed by atoms with E-state index in [0.717, 1.165) is 40.3 Å². The van der Waals surface area contributed by atoms with Gasteiger partial charge in [0.05, 0.1) is 29.2 Å². The maximum atomic E-state index is 6.43. The normalized spacial score (nSPS) is 16.0. The summed E-state index contributed by atoms with van der Waals surface area (Å²) in [4.78, 5) is 12.4. The summed E-state index contributed by atoms with van der Waals surface area (Å²) in [5.74, 6) is 0.748. The number of halogens is 1. The maximum absolute atomic E-state index is 6.43. The first-order valence-electron chi connectivity index (χ1n) is 7.95. The van der Waals surface area contributed by atoms with Gasteiger partial charge in [0.25, 0.3) is 0 Å². The van der Waals surface area contributed by atoms with Crippen molar-refractivity contribution in [3.8, 4) is 22.5 Å². The summed E-state index contributed by atoms with van der Waals surface area (Å²) in [5.41, 5.74) is 4.80. The van der Waals surface area contributed by atoms with Crippen LogP contribution in [0.25, 0.3) is 22.5 Å². The van der Waals surface area contributed by atoms with E-state index in [1.54, 1.807) is 6.20 Å². The molecule has 0 atom stereocenters. The minimum absolute atomic E-state index is 0.194. The monoisotopic (exact) mass is 339 g/mol. The van der Waals surface area contributed by atoms with Crippen molar-refractivity contribution in [2.75, 3.05) is 0 Å². The fourth-order valence-electron chi connectivity index (χ4n) is 3.07. The molecule has 0 aliphatic carbocycles. The zero-order valence-corrected chi connectivity index (χ0v) is 14.4. The van der Waals surface area contributed by atoms with E-state index in [-0.39, 0.29) is 5.60 Å². The van der Waals surface area contributed by atoms with Crippen molar-refractivity contribution >= 4 is 11.6 Å². The molecule has 3 heterocycles. The molecular formula is C19H18ClN3O. The van der Waals surface area contributed by atoms with E-state index in [2.05, 4.69) is 35.9 Å². The molecule has 1 aromatic carbocycles. The molecule has 4 nitrogen and oxygen atoms in total. The van der Waals surface area contributed by atoms with Gasteiger partial charge in [0.15, 0.2) is 0 Å². The Bertz CT molecular complexity index is 887. The van der Waals surface area contributed by atoms with Crippen molar-refractivity contribution in [1.29, 1.82) is 0 Å². The molecule has 1 aliphatic heterocycles. The fourth-order valence-corrected chi connectivity index (χ4v) is 3.32. The minimum atomic E-state index is -0.194. The third-order valence-electron chi connectivity index (χ3n) is 4.29. The molecule has 2 aromatic heterocycles. The van der Waals surface area contributed by atoms with Gasteiger partial charge in [-0.3, -0.25) is 0 Å². The van der Waals surface area contributed by atoms with E-state index in [9.17, 15) is 0 Å². The van der Waals surface area contributed by atoms with Gasteiger partial charge < -0.3 is 9.72 Å². The quantitative estimate of drug-likeness (QED) is 0.692. The van der Waals surface area contributed by atoms with E-state index < -0.39 is 0 Å². The van der Waals surface area contributed by atoms with Gasteiger partial charge in [0, 0.05) is 12.6 Å². The van der Waals surface area contributed by atoms with Crippen LogP contribution < -0.4 is 0 Å². The van der Waals surface area contributed by atoms with Crippen LogP contribution in [0.5, 0.6) is 0 Å². The van der Waals surface area contributed by atoms with Crippen molar-refractivity contribution < 1.29 is 4.74 Å². The maximum Gasteiger partial charge on any atom is 0.141 e. The second-order valence-electron chi connectivity index (χ2n) is 6.63. The molecule has 3 aromatic rings. The number of fused-ring (bicyclic) bond motifs is 1. The van der Waals surface area contributed by atoms with Crippen LogP contribution in [-0.4, -0.2) is 20.6 Å². The summed E-state index contributed by atoms with van der Waals surface area (Å²) in [6.07, 6.45) is 2.50. The zero-order valence-electron chi connectivity index (χ0n) is 13.6. The lowest BCUT2D eigenvalue weighted by molar-refractivity contribution is -0.0422. The largest absolute Gasteiger partial charge is 0.369 e. The van der Waals surface area contributed by atoms with Crippen molar-refractivity contribution in [3.05, 3.63) is 59.1 Å². The summed E-state index contributed by atoms with van der Waals surface area (Å²) >= 11 is 6.43. The van der Waals surface area contributed by atoms with Gasteiger partial charge in [0.1, 0.15) is 11.0 Å². The van der Waals surface area contributed by atoms with E-state index in [4.69, 9.17) is 21.3 Å². The summed E-state index contributed by atoms with van der Waals surface area (Å²) in [6.45, 7) is 4.70. The lowest BCUT2D eigenvalue weighted by atomic mass is 9.99. The highest BCUT2D eigenvalue weighted by atomic mass is 35.5. The Morgan fingerprint density at radius 1 is 1.17 bits per heavy atom. The van der Waals surface area contributed by atoms with Gasteiger partial charge in [-0.1, -0.05) is 41.9 Å². The van der Waals surface area contributed by atoms with Gasteiger partial charge >= 0.3 is 0 Å². The Labute approximate surface area is 145 Å². The van der Waals surface area contributed by atoms with Gasteiger partial charge in [-0.25, -0.2) is 9.97 Å². The third-order valence-corrected chi connectivity index (χ3v) is 4.58. The van der Waals surface area contributed by atoms with Crippen LogP contribution in [-0.2, 0) is 17.8 Å². The highest BCUT2D eigenvalue weighted by molar-refractivity contribution is 6.32. The molecule has 1 aliphatic rings. The number of imidazole rings is 1. The van der Waals surface area contributed by atoms with Crippen molar-refractivity contribution in [2.24, 2.45) is 0 Å². The zero-order chi connectivity index (χ0) is 16.7. The number of pyridine rings is 1. The lowest BCUT2D eigenvalue weighted by Crippen LogP contribution is -2.31. The van der Waals surface area contributed by atoms with Crippen LogP contribution >= 0.6 is 11.6 Å². The average Bonchev–Trinajstić information content (AvgIpc) is 2.96. The number of ether oxygens (including phenoxy) is 1. The van der Waals surface area contributed by atoms with Crippen LogP contribution in [0.4, 0.5) is 0 Å². The lowest BCUT2D eigenvalue weighted by Gasteiger charge is -2.28. The Kier molecular flexibility index (Phi) is 3.66. The first-order valence-corrected chi connectivity index (χ1v) is 8.33. The summed E-state index contributed by atoms with van der Waals surface area (Å²) in [6, 6.07) is 12.1. The molecule has 4 rings (SSSR count). The Hall–Kier alpha value is -2.17. The number of benzene rings is 1. The van der Waals surface area contributed by atoms with Crippen molar-refractivity contribution in [1.82, 2.24) is 15.0 Å². The molecule has 0 saturated heterocycles. The molecular weight excluding hydrogens is 322 g/mol. The van der Waals surface area contributed by atoms with Crippen LogP contribution in [0.15, 0.2) is 42.6 Å². The highest BCUT2D eigenvalue weighted by Crippen LogP contribution is 2.36. The van der Waals surface area contributed by atoms with Crippen LogP contribution in [0, 0.1) is 0 Å². The number of aromatic amines is 1. The molecule has 122 valence electrons. The van der Waals surface area contributed by atoms with E-state index in [1.807, 2.05) is 24.3 Å². The first kappa shape index (κ1) is 15.4. The Balaban J connectivity index is 1.85. The highest BCUT2D eigenvalue weighted by Gasteiger charge is 2.29. The molecule has 0 saturated carbocycles. The molecule has 0 amide bonds. The number of hydrogen-bond donors (Lipinski definition) is 1. The number of hydrogen-bond acceptors (Lipinski definition) is 3. The molecule has 24 heavy (non-hydrogen) atoms. The van der Waals surface area contributed by atoms with Crippen LogP contribution in [0.3, 0.4) is 0 Å². The minimum Gasteiger partial charge on any atom is -0.369 e. The van der Waals surface area contributed by atoms with E-state index in [0.29, 0.717) is 11.8 Å². The Morgan fingerprint density at radius 3 is 2.75 bits per heavy atom. The number of rotatable bonds is 2. The Morgan fingerprint density at radius 2 is 1.96 bits per heavy atom. The van der Waals surface area contributed by atoms with Crippen molar-refractivity contribution in [3.63, 3.8) is 0 Å². The van der Waals surface area contributed by atoms with E-state index >= 15 is 0 Å². The predicted molar refractivity (Wildman–Crippen MR) is 94.8 cm³/mol. The summed E-state index contributed by atoms with van der Waals surface area (Å²) in [7, 11) is 0. The van der Waals surface area contributed by atoms with Gasteiger partial charge in [-0.2, -0.15) is 0 Å². The molecule has 5 heteroatoms. The molecule has 1 N–H and O–H groups in total. The number of aromatic nitrogens is 3. The second-order valence-corrected chi connectivity index (χ2v) is 6.98.